The molecule has 6 aromatic rings. The number of benzene rings is 5. The molecule has 0 atom stereocenters. The van der Waals surface area contributed by atoms with Crippen LogP contribution in [-0.2, 0) is 5.16 Å². The zero-order valence-electron chi connectivity index (χ0n) is 25.8. The minimum Gasteiger partial charge on any atom is -0.494 e. The van der Waals surface area contributed by atoms with E-state index >= 15 is 0 Å². The Balaban J connectivity index is 0.000000238. The van der Waals surface area contributed by atoms with Gasteiger partial charge in [0.1, 0.15) is 21.0 Å². The SMILES string of the molecule is CCOc1cccc(C([Si]c2ccccc2)(c2cccc(OCC)c2)n2ccnc2)c1.[B]C(c1ccccc1)c1ccccc1. The third kappa shape index (κ3) is 7.83. The maximum Gasteiger partial charge on any atom is 0.127 e. The Bertz CT molecular complexity index is 1630. The van der Waals surface area contributed by atoms with Gasteiger partial charge in [-0.05, 0) is 66.2 Å². The highest BCUT2D eigenvalue weighted by atomic mass is 28.2. The molecule has 0 unspecified atom stereocenters. The van der Waals surface area contributed by atoms with Crippen molar-refractivity contribution < 1.29 is 9.47 Å². The quantitative estimate of drug-likeness (QED) is 0.145. The Morgan fingerprint density at radius 1 is 0.667 bits per heavy atom. The van der Waals surface area contributed by atoms with Gasteiger partial charge in [0.2, 0.25) is 0 Å². The second-order valence-electron chi connectivity index (χ2n) is 10.4. The van der Waals surface area contributed by atoms with E-state index in [2.05, 4.69) is 101 Å². The summed E-state index contributed by atoms with van der Waals surface area (Å²) < 4.78 is 13.9. The van der Waals surface area contributed by atoms with Crippen LogP contribution >= 0.6 is 0 Å². The number of imidazole rings is 1. The molecule has 4 nitrogen and oxygen atoms in total. The highest BCUT2D eigenvalue weighted by molar-refractivity contribution is 6.57. The molecule has 0 spiro atoms. The molecule has 5 aromatic carbocycles. The van der Waals surface area contributed by atoms with Crippen LogP contribution in [0.1, 0.15) is 41.9 Å². The van der Waals surface area contributed by atoms with Gasteiger partial charge in [0.15, 0.2) is 0 Å². The standard InChI is InChI=1S/C26H26N2O2Si.C13H11B/c1-3-29-23-12-8-10-21(18-23)26(28-17-16-27-20-28,31-25-14-6-5-7-15-25)22-11-9-13-24(19-22)30-4-2;14-13(11-7-3-1-4-8-11)12-9-5-2-6-10-12/h5-20H,3-4H2,1-2H3;1-10,13H. The molecule has 0 aliphatic heterocycles. The van der Waals surface area contributed by atoms with Crippen molar-refractivity contribution >= 4 is 22.6 Å². The van der Waals surface area contributed by atoms with Crippen molar-refractivity contribution in [1.82, 2.24) is 9.55 Å². The first kappa shape index (κ1) is 31.6. The van der Waals surface area contributed by atoms with E-state index in [1.165, 1.54) is 5.19 Å². The van der Waals surface area contributed by atoms with Gasteiger partial charge >= 0.3 is 0 Å². The molecule has 222 valence electrons. The lowest BCUT2D eigenvalue weighted by Gasteiger charge is -2.37. The Labute approximate surface area is 271 Å². The Kier molecular flexibility index (Phi) is 11.1. The van der Waals surface area contributed by atoms with Crippen molar-refractivity contribution in [3.8, 4) is 11.5 Å². The molecule has 0 N–H and O–H groups in total. The number of rotatable bonds is 11. The van der Waals surface area contributed by atoms with Gasteiger partial charge in [-0.3, -0.25) is 0 Å². The van der Waals surface area contributed by atoms with Gasteiger partial charge < -0.3 is 14.0 Å². The molecule has 6 rings (SSSR count). The summed E-state index contributed by atoms with van der Waals surface area (Å²) in [4.78, 5) is 4.40. The third-order valence-corrected chi connectivity index (χ3v) is 9.25. The molecular weight excluding hydrogens is 567 g/mol. The van der Waals surface area contributed by atoms with Gasteiger partial charge in [-0.25, -0.2) is 4.98 Å². The van der Waals surface area contributed by atoms with Crippen LogP contribution in [0.4, 0.5) is 0 Å². The molecule has 6 heteroatoms. The third-order valence-electron chi connectivity index (χ3n) is 7.43. The number of ether oxygens (including phenoxy) is 2. The minimum absolute atomic E-state index is 0.0163. The lowest BCUT2D eigenvalue weighted by Crippen LogP contribution is -2.46. The van der Waals surface area contributed by atoms with Gasteiger partial charge in [0.05, 0.1) is 32.5 Å². The Hall–Kier alpha value is -4.81. The zero-order valence-corrected chi connectivity index (χ0v) is 26.8. The van der Waals surface area contributed by atoms with Crippen LogP contribution in [0.3, 0.4) is 0 Å². The van der Waals surface area contributed by atoms with E-state index in [0.29, 0.717) is 22.7 Å². The van der Waals surface area contributed by atoms with Gasteiger partial charge in [-0.2, -0.15) is 0 Å². The number of hydrogen-bond donors (Lipinski definition) is 0. The van der Waals surface area contributed by atoms with Crippen molar-refractivity contribution in [1.29, 1.82) is 0 Å². The second kappa shape index (κ2) is 15.8. The fraction of sp³-hybridized carbons (Fsp3) is 0.154. The Morgan fingerprint density at radius 3 is 1.60 bits per heavy atom. The predicted molar refractivity (Wildman–Crippen MR) is 186 cm³/mol. The molecule has 0 fully saturated rings. The summed E-state index contributed by atoms with van der Waals surface area (Å²) in [6, 6.07) is 47.6. The van der Waals surface area contributed by atoms with E-state index in [1.54, 1.807) is 0 Å². The summed E-state index contributed by atoms with van der Waals surface area (Å²) in [5.74, 6) is 1.71. The van der Waals surface area contributed by atoms with Crippen molar-refractivity contribution in [2.24, 2.45) is 0 Å². The number of nitrogens with zero attached hydrogens (tertiary/aromatic N) is 2. The lowest BCUT2D eigenvalue weighted by atomic mass is 9.76. The Morgan fingerprint density at radius 2 is 1.16 bits per heavy atom. The largest absolute Gasteiger partial charge is 0.494 e. The molecule has 4 radical (unpaired) electrons. The van der Waals surface area contributed by atoms with Crippen molar-refractivity contribution in [3.05, 3.63) is 181 Å². The summed E-state index contributed by atoms with van der Waals surface area (Å²) in [6.07, 6.45) is 5.77. The summed E-state index contributed by atoms with van der Waals surface area (Å²) >= 11 is 0. The molecule has 0 amide bonds. The van der Waals surface area contributed by atoms with E-state index in [0.717, 1.165) is 33.8 Å². The highest BCUT2D eigenvalue weighted by Crippen LogP contribution is 2.36. The van der Waals surface area contributed by atoms with Gasteiger partial charge in [0, 0.05) is 12.4 Å². The number of aromatic nitrogens is 2. The summed E-state index contributed by atoms with van der Waals surface area (Å²) in [5.41, 5.74) is 4.59. The van der Waals surface area contributed by atoms with Crippen molar-refractivity contribution in [2.75, 3.05) is 13.2 Å². The van der Waals surface area contributed by atoms with E-state index in [4.69, 9.17) is 17.3 Å². The summed E-state index contributed by atoms with van der Waals surface area (Å²) in [5, 5.41) is 0.776. The van der Waals surface area contributed by atoms with Crippen molar-refractivity contribution in [2.45, 2.75) is 24.8 Å². The number of hydrogen-bond acceptors (Lipinski definition) is 3. The molecule has 45 heavy (non-hydrogen) atoms. The van der Waals surface area contributed by atoms with E-state index < -0.39 is 5.16 Å². The van der Waals surface area contributed by atoms with Gasteiger partial charge in [-0.15, -0.1) is 0 Å². The average Bonchev–Trinajstić information content (AvgIpc) is 3.65. The fourth-order valence-electron chi connectivity index (χ4n) is 5.33. The summed E-state index contributed by atoms with van der Waals surface area (Å²) in [6.45, 7) is 5.27. The van der Waals surface area contributed by atoms with E-state index in [-0.39, 0.29) is 5.82 Å². The van der Waals surface area contributed by atoms with Crippen LogP contribution in [0.25, 0.3) is 0 Å². The van der Waals surface area contributed by atoms with Gasteiger partial charge in [0.25, 0.3) is 0 Å². The van der Waals surface area contributed by atoms with Crippen LogP contribution < -0.4 is 14.7 Å². The molecule has 0 aliphatic rings. The smallest absolute Gasteiger partial charge is 0.127 e. The minimum atomic E-state index is -0.488. The van der Waals surface area contributed by atoms with Crippen LogP contribution in [0, 0.1) is 0 Å². The molecule has 0 saturated carbocycles. The maximum atomic E-state index is 6.12. The van der Waals surface area contributed by atoms with Crippen LogP contribution in [0.15, 0.2) is 158 Å². The van der Waals surface area contributed by atoms with Crippen LogP contribution in [0.5, 0.6) is 11.5 Å². The van der Waals surface area contributed by atoms with E-state index in [9.17, 15) is 0 Å². The topological polar surface area (TPSA) is 36.3 Å². The first-order chi connectivity index (χ1) is 22.1. The van der Waals surface area contributed by atoms with Crippen LogP contribution in [0.2, 0.25) is 0 Å². The molecular formula is C39H37BN2O2Si. The highest BCUT2D eigenvalue weighted by Gasteiger charge is 2.38. The summed E-state index contributed by atoms with van der Waals surface area (Å²) in [7, 11) is 6.54. The predicted octanol–water partition coefficient (Wildman–Crippen LogP) is 7.40. The maximum absolute atomic E-state index is 6.12. The second-order valence-corrected chi connectivity index (χ2v) is 11.9. The van der Waals surface area contributed by atoms with Crippen molar-refractivity contribution in [3.63, 3.8) is 0 Å². The first-order valence-corrected chi connectivity index (χ1v) is 16.3. The molecule has 0 bridgehead atoms. The lowest BCUT2D eigenvalue weighted by molar-refractivity contribution is 0.338. The fourth-order valence-corrected chi connectivity index (χ4v) is 6.97. The van der Waals surface area contributed by atoms with Gasteiger partial charge in [-0.1, -0.05) is 120 Å². The monoisotopic (exact) mass is 604 g/mol. The van der Waals surface area contributed by atoms with E-state index in [1.807, 2.05) is 81.1 Å². The molecule has 1 aromatic heterocycles. The zero-order chi connectivity index (χ0) is 31.3. The van der Waals surface area contributed by atoms with Crippen LogP contribution in [-0.4, -0.2) is 40.1 Å². The molecule has 0 saturated heterocycles. The molecule has 0 aliphatic carbocycles. The first-order valence-electron chi connectivity index (χ1n) is 15.3. The average molecular weight is 605 g/mol. The normalized spacial score (nSPS) is 11.0. The molecule has 1 heterocycles.